The van der Waals surface area contributed by atoms with Gasteiger partial charge in [0.25, 0.3) is 0 Å². The molecule has 1 aromatic carbocycles. The van der Waals surface area contributed by atoms with Crippen LogP contribution in [0.5, 0.6) is 0 Å². The predicted octanol–water partition coefficient (Wildman–Crippen LogP) is 3.23. The fourth-order valence-corrected chi connectivity index (χ4v) is 8.21. The maximum absolute atomic E-state index is 13.4. The first-order chi connectivity index (χ1) is 16.5. The molecular formula is C25H30ClN5O2S. The van der Waals surface area contributed by atoms with Gasteiger partial charge in [0.1, 0.15) is 10.7 Å². The van der Waals surface area contributed by atoms with Crippen molar-refractivity contribution in [2.45, 2.75) is 53.7 Å². The van der Waals surface area contributed by atoms with E-state index < -0.39 is 10.8 Å². The van der Waals surface area contributed by atoms with E-state index in [0.29, 0.717) is 17.7 Å². The standard InChI is InChI=1S/C25H30ClN5O2S/c26-18-2-4-19(5-3-18)30-11-16-13-31(14-17(16)12-30)23-27-20-10-25(8-9-25)34(33)21(20)22(28-23)29-24(15-32)6-1-7-24/h2-5,16-17,32H,1,6-15H2,(H,27,28,29). The molecule has 2 N–H and O–H groups in total. The number of nitrogens with one attached hydrogen (secondary N) is 1. The molecule has 2 aromatic rings. The molecular weight excluding hydrogens is 470 g/mol. The number of benzene rings is 1. The van der Waals surface area contributed by atoms with Gasteiger partial charge < -0.3 is 20.2 Å². The summed E-state index contributed by atoms with van der Waals surface area (Å²) in [4.78, 5) is 15.5. The highest BCUT2D eigenvalue weighted by Crippen LogP contribution is 2.54. The van der Waals surface area contributed by atoms with E-state index in [-0.39, 0.29) is 16.9 Å². The molecule has 180 valence electrons. The van der Waals surface area contributed by atoms with Crippen LogP contribution < -0.4 is 15.1 Å². The molecule has 34 heavy (non-hydrogen) atoms. The number of hydrogen-bond acceptors (Lipinski definition) is 7. The van der Waals surface area contributed by atoms with Crippen molar-refractivity contribution in [2.75, 3.05) is 47.9 Å². The lowest BCUT2D eigenvalue weighted by Crippen LogP contribution is -2.48. The van der Waals surface area contributed by atoms with Crippen LogP contribution in [0.25, 0.3) is 0 Å². The van der Waals surface area contributed by atoms with Gasteiger partial charge in [-0.25, -0.2) is 4.98 Å². The Balaban J connectivity index is 1.15. The molecule has 4 heterocycles. The van der Waals surface area contributed by atoms with Crippen LogP contribution in [0.1, 0.15) is 37.8 Å². The van der Waals surface area contributed by atoms with Crippen molar-refractivity contribution < 1.29 is 9.32 Å². The van der Waals surface area contributed by atoms with Gasteiger partial charge in [-0.3, -0.25) is 4.21 Å². The number of aromatic nitrogens is 2. The number of nitrogens with zero attached hydrogens (tertiary/aromatic N) is 4. The van der Waals surface area contributed by atoms with E-state index in [2.05, 4.69) is 27.2 Å². The quantitative estimate of drug-likeness (QED) is 0.653. The molecule has 9 heteroatoms. The smallest absolute Gasteiger partial charge is 0.227 e. The zero-order valence-electron chi connectivity index (χ0n) is 19.2. The number of fused-ring (bicyclic) bond motifs is 2. The molecule has 4 fully saturated rings. The Hall–Kier alpha value is -1.90. The minimum Gasteiger partial charge on any atom is -0.394 e. The minimum absolute atomic E-state index is 0.0767. The molecule has 3 atom stereocenters. The SMILES string of the molecule is O=S1c2c(nc(N3CC4CN(c5ccc(Cl)cc5)CC4C3)nc2NC2(CO)CCC2)CC12CC2. The molecule has 3 aliphatic heterocycles. The lowest BCUT2D eigenvalue weighted by Gasteiger charge is -2.41. The summed E-state index contributed by atoms with van der Waals surface area (Å²) in [6.07, 6.45) is 5.73. The Bertz CT molecular complexity index is 1150. The Labute approximate surface area is 207 Å². The number of hydrogen-bond donors (Lipinski definition) is 2. The van der Waals surface area contributed by atoms with Crippen molar-refractivity contribution >= 4 is 39.9 Å². The largest absolute Gasteiger partial charge is 0.394 e. The molecule has 5 aliphatic rings. The number of aliphatic hydroxyl groups excluding tert-OH is 1. The zero-order chi connectivity index (χ0) is 23.1. The molecule has 3 unspecified atom stereocenters. The average Bonchev–Trinajstić information content (AvgIpc) is 3.17. The summed E-state index contributed by atoms with van der Waals surface area (Å²) in [6.45, 7) is 4.01. The molecule has 2 saturated heterocycles. The van der Waals surface area contributed by atoms with Gasteiger partial charge in [-0.1, -0.05) is 11.6 Å². The van der Waals surface area contributed by atoms with Gasteiger partial charge in [0.2, 0.25) is 5.95 Å². The molecule has 7 rings (SSSR count). The van der Waals surface area contributed by atoms with Gasteiger partial charge >= 0.3 is 0 Å². The third-order valence-electron chi connectivity index (χ3n) is 8.76. The lowest BCUT2D eigenvalue weighted by atomic mass is 9.77. The Morgan fingerprint density at radius 1 is 1.03 bits per heavy atom. The van der Waals surface area contributed by atoms with Gasteiger partial charge in [-0.15, -0.1) is 0 Å². The van der Waals surface area contributed by atoms with Crippen LogP contribution in [0.15, 0.2) is 29.2 Å². The second-order valence-corrected chi connectivity index (χ2v) is 13.2. The molecule has 1 spiro atoms. The Morgan fingerprint density at radius 3 is 2.29 bits per heavy atom. The molecule has 1 aromatic heterocycles. The number of halogens is 1. The highest BCUT2D eigenvalue weighted by molar-refractivity contribution is 7.87. The summed E-state index contributed by atoms with van der Waals surface area (Å²) >= 11 is 6.07. The van der Waals surface area contributed by atoms with Crippen LogP contribution in [0.3, 0.4) is 0 Å². The Kier molecular flexibility index (Phi) is 4.75. The van der Waals surface area contributed by atoms with Crippen LogP contribution >= 0.6 is 11.6 Å². The van der Waals surface area contributed by atoms with E-state index >= 15 is 0 Å². The third-order valence-corrected chi connectivity index (χ3v) is 11.1. The fraction of sp³-hybridized carbons (Fsp3) is 0.600. The highest BCUT2D eigenvalue weighted by atomic mass is 35.5. The number of rotatable bonds is 5. The van der Waals surface area contributed by atoms with Crippen molar-refractivity contribution in [3.05, 3.63) is 35.0 Å². The molecule has 0 amide bonds. The van der Waals surface area contributed by atoms with Crippen LogP contribution in [0, 0.1) is 11.8 Å². The summed E-state index contributed by atoms with van der Waals surface area (Å²) < 4.78 is 13.3. The molecule has 0 radical (unpaired) electrons. The van der Waals surface area contributed by atoms with Crippen LogP contribution in [0.4, 0.5) is 17.5 Å². The molecule has 7 nitrogen and oxygen atoms in total. The summed E-state index contributed by atoms with van der Waals surface area (Å²) in [5, 5.41) is 14.4. The first-order valence-electron chi connectivity index (χ1n) is 12.4. The topological polar surface area (TPSA) is 81.6 Å². The molecule has 2 saturated carbocycles. The second-order valence-electron chi connectivity index (χ2n) is 11.0. The van der Waals surface area contributed by atoms with Gasteiger partial charge in [-0.05, 0) is 56.4 Å². The molecule has 2 aliphatic carbocycles. The van der Waals surface area contributed by atoms with Gasteiger partial charge in [0.15, 0.2) is 0 Å². The minimum atomic E-state index is -1.07. The molecule has 0 bridgehead atoms. The van der Waals surface area contributed by atoms with E-state index in [9.17, 15) is 9.32 Å². The fourth-order valence-electron chi connectivity index (χ4n) is 6.31. The third kappa shape index (κ3) is 3.28. The van der Waals surface area contributed by atoms with Crippen LogP contribution in [0.2, 0.25) is 5.02 Å². The lowest BCUT2D eigenvalue weighted by molar-refractivity contribution is 0.143. The van der Waals surface area contributed by atoms with Crippen molar-refractivity contribution in [3.8, 4) is 0 Å². The summed E-state index contributed by atoms with van der Waals surface area (Å²) in [6, 6.07) is 8.13. The normalized spacial score (nSPS) is 29.8. The Morgan fingerprint density at radius 2 is 1.71 bits per heavy atom. The second kappa shape index (κ2) is 7.55. The average molecular weight is 500 g/mol. The summed E-state index contributed by atoms with van der Waals surface area (Å²) in [5.74, 6) is 2.61. The first kappa shape index (κ1) is 21.4. The van der Waals surface area contributed by atoms with Gasteiger partial charge in [-0.2, -0.15) is 4.98 Å². The first-order valence-corrected chi connectivity index (χ1v) is 14.0. The van der Waals surface area contributed by atoms with Crippen molar-refractivity contribution in [1.29, 1.82) is 0 Å². The van der Waals surface area contributed by atoms with E-state index in [1.165, 1.54) is 5.69 Å². The number of aliphatic hydroxyl groups is 1. The van der Waals surface area contributed by atoms with Crippen molar-refractivity contribution in [2.24, 2.45) is 11.8 Å². The van der Waals surface area contributed by atoms with Crippen LogP contribution in [-0.4, -0.2) is 62.4 Å². The maximum Gasteiger partial charge on any atom is 0.227 e. The van der Waals surface area contributed by atoms with E-state index in [0.717, 1.165) is 86.3 Å². The summed E-state index contributed by atoms with van der Waals surface area (Å²) in [5.41, 5.74) is 1.86. The summed E-state index contributed by atoms with van der Waals surface area (Å²) in [7, 11) is -1.07. The van der Waals surface area contributed by atoms with Crippen molar-refractivity contribution in [3.63, 3.8) is 0 Å². The van der Waals surface area contributed by atoms with Gasteiger partial charge in [0, 0.05) is 55.1 Å². The predicted molar refractivity (Wildman–Crippen MR) is 134 cm³/mol. The van der Waals surface area contributed by atoms with Crippen LogP contribution in [-0.2, 0) is 17.2 Å². The van der Waals surface area contributed by atoms with E-state index in [4.69, 9.17) is 21.6 Å². The number of anilines is 3. The maximum atomic E-state index is 13.4. The monoisotopic (exact) mass is 499 g/mol. The van der Waals surface area contributed by atoms with E-state index in [1.54, 1.807) is 0 Å². The zero-order valence-corrected chi connectivity index (χ0v) is 20.7. The van der Waals surface area contributed by atoms with Gasteiger partial charge in [0.05, 0.1) is 33.4 Å². The van der Waals surface area contributed by atoms with E-state index in [1.807, 2.05) is 12.1 Å². The highest BCUT2D eigenvalue weighted by Gasteiger charge is 2.56. The van der Waals surface area contributed by atoms with Crippen molar-refractivity contribution in [1.82, 2.24) is 9.97 Å².